The molecule has 5 rings (SSSR count). The highest BCUT2D eigenvalue weighted by Crippen LogP contribution is 2.25. The number of benzene rings is 2. The van der Waals surface area contributed by atoms with E-state index in [9.17, 15) is 14.0 Å². The lowest BCUT2D eigenvalue weighted by molar-refractivity contribution is -0.131. The lowest BCUT2D eigenvalue weighted by Gasteiger charge is -2.32. The molecular weight excluding hydrogens is 435 g/mol. The van der Waals surface area contributed by atoms with Crippen molar-refractivity contribution in [1.82, 2.24) is 29.9 Å². The van der Waals surface area contributed by atoms with Gasteiger partial charge in [-0.3, -0.25) is 9.59 Å². The summed E-state index contributed by atoms with van der Waals surface area (Å²) in [5, 5.41) is 8.21. The third-order valence-corrected chi connectivity index (χ3v) is 6.40. The molecule has 2 aromatic heterocycles. The lowest BCUT2D eigenvalue weighted by Crippen LogP contribution is -2.40. The van der Waals surface area contributed by atoms with Crippen LogP contribution in [-0.4, -0.2) is 48.9 Å². The maximum absolute atomic E-state index is 13.2. The number of hydrogen-bond donors (Lipinski definition) is 1. The number of fused-ring (bicyclic) bond motifs is 1. The number of halogens is 1. The number of H-pyrrole nitrogens is 1. The van der Waals surface area contributed by atoms with Crippen molar-refractivity contribution >= 4 is 17.1 Å². The molecule has 3 heterocycles. The summed E-state index contributed by atoms with van der Waals surface area (Å²) < 4.78 is 14.8. The summed E-state index contributed by atoms with van der Waals surface area (Å²) >= 11 is 0. The number of aromatic amines is 1. The molecule has 4 aromatic rings. The second-order valence-corrected chi connectivity index (χ2v) is 8.78. The number of carbonyl (C=O) groups is 1. The number of amides is 1. The van der Waals surface area contributed by atoms with Gasteiger partial charge in [-0.05, 0) is 48.6 Å². The van der Waals surface area contributed by atoms with Crippen LogP contribution in [0.3, 0.4) is 0 Å². The highest BCUT2D eigenvalue weighted by molar-refractivity contribution is 5.79. The zero-order valence-corrected chi connectivity index (χ0v) is 18.9. The zero-order valence-electron chi connectivity index (χ0n) is 18.9. The molecule has 1 fully saturated rings. The molecule has 0 saturated carbocycles. The average Bonchev–Trinajstić information content (AvgIpc) is 3.25. The summed E-state index contributed by atoms with van der Waals surface area (Å²) in [5.74, 6) is 0.108. The molecule has 2 aromatic carbocycles. The van der Waals surface area contributed by atoms with Gasteiger partial charge in [0.1, 0.15) is 11.6 Å². The van der Waals surface area contributed by atoms with Gasteiger partial charge in [0.25, 0.3) is 5.56 Å². The van der Waals surface area contributed by atoms with E-state index in [1.807, 2.05) is 31.2 Å². The molecule has 0 spiro atoms. The largest absolute Gasteiger partial charge is 0.342 e. The van der Waals surface area contributed by atoms with E-state index in [1.54, 1.807) is 21.7 Å². The molecule has 0 bridgehead atoms. The molecule has 9 heteroatoms. The Bertz CT molecular complexity index is 1390. The van der Waals surface area contributed by atoms with Gasteiger partial charge in [-0.15, -0.1) is 5.10 Å². The minimum atomic E-state index is -0.328. The van der Waals surface area contributed by atoms with Crippen LogP contribution in [0.4, 0.5) is 4.39 Å². The molecule has 1 aliphatic rings. The minimum Gasteiger partial charge on any atom is -0.342 e. The SMILES string of the molecule is Cc1ccccc1Cn1nnc2c(=O)[nH]c(C3CCCN(C(=O)Cc4ccc(F)cc4)C3)nc21. The first-order valence-electron chi connectivity index (χ1n) is 11.4. The van der Waals surface area contributed by atoms with Crippen LogP contribution in [0.25, 0.3) is 11.2 Å². The number of nitrogens with zero attached hydrogens (tertiary/aromatic N) is 5. The molecule has 0 aliphatic carbocycles. The number of hydrogen-bond acceptors (Lipinski definition) is 5. The van der Waals surface area contributed by atoms with E-state index in [-0.39, 0.29) is 35.1 Å². The number of carbonyl (C=O) groups excluding carboxylic acids is 1. The van der Waals surface area contributed by atoms with Crippen LogP contribution in [0.1, 0.15) is 41.3 Å². The van der Waals surface area contributed by atoms with Crippen LogP contribution >= 0.6 is 0 Å². The maximum atomic E-state index is 13.2. The molecule has 1 saturated heterocycles. The molecule has 8 nitrogen and oxygen atoms in total. The van der Waals surface area contributed by atoms with Gasteiger partial charge >= 0.3 is 0 Å². The van der Waals surface area contributed by atoms with Gasteiger partial charge in [0.05, 0.1) is 13.0 Å². The Morgan fingerprint density at radius 1 is 1.18 bits per heavy atom. The van der Waals surface area contributed by atoms with Crippen LogP contribution in [0.5, 0.6) is 0 Å². The van der Waals surface area contributed by atoms with Crippen molar-refractivity contribution in [3.8, 4) is 0 Å². The highest BCUT2D eigenvalue weighted by Gasteiger charge is 2.27. The van der Waals surface area contributed by atoms with Gasteiger partial charge in [-0.25, -0.2) is 14.1 Å². The maximum Gasteiger partial charge on any atom is 0.281 e. The van der Waals surface area contributed by atoms with Crippen LogP contribution in [-0.2, 0) is 17.8 Å². The summed E-state index contributed by atoms with van der Waals surface area (Å²) in [6.07, 6.45) is 1.83. The minimum absolute atomic E-state index is 0.0222. The molecule has 0 radical (unpaired) electrons. The van der Waals surface area contributed by atoms with Crippen molar-refractivity contribution in [2.24, 2.45) is 0 Å². The predicted octanol–water partition coefficient (Wildman–Crippen LogP) is 2.96. The van der Waals surface area contributed by atoms with Gasteiger partial charge < -0.3 is 9.88 Å². The molecule has 1 N–H and O–H groups in total. The van der Waals surface area contributed by atoms with Gasteiger partial charge in [-0.1, -0.05) is 41.6 Å². The van der Waals surface area contributed by atoms with Crippen molar-refractivity contribution in [3.05, 3.63) is 87.2 Å². The van der Waals surface area contributed by atoms with Gasteiger partial charge in [0, 0.05) is 19.0 Å². The topological polar surface area (TPSA) is 96.8 Å². The Hall–Kier alpha value is -3.88. The van der Waals surface area contributed by atoms with E-state index in [0.717, 1.165) is 29.5 Å². The first-order valence-corrected chi connectivity index (χ1v) is 11.4. The van der Waals surface area contributed by atoms with Crippen LogP contribution < -0.4 is 5.56 Å². The fourth-order valence-electron chi connectivity index (χ4n) is 4.45. The third kappa shape index (κ3) is 4.46. The van der Waals surface area contributed by atoms with Gasteiger partial charge in [0.15, 0.2) is 11.2 Å². The highest BCUT2D eigenvalue weighted by atomic mass is 19.1. The standard InChI is InChI=1S/C25H25FN6O2/c1-16-5-2-3-6-18(16)15-32-24-22(29-30-32)25(34)28-23(27-24)19-7-4-12-31(14-19)21(33)13-17-8-10-20(26)11-9-17/h2-3,5-6,8-11,19H,4,7,12-15H2,1H3,(H,27,28,34). The van der Waals surface area contributed by atoms with Crippen molar-refractivity contribution in [2.75, 3.05) is 13.1 Å². The normalized spacial score (nSPS) is 16.2. The number of aryl methyl sites for hydroxylation is 1. The molecule has 1 aliphatic heterocycles. The van der Waals surface area contributed by atoms with Crippen molar-refractivity contribution in [3.63, 3.8) is 0 Å². The van der Waals surface area contributed by atoms with E-state index < -0.39 is 0 Å². The Morgan fingerprint density at radius 2 is 1.97 bits per heavy atom. The first kappa shape index (κ1) is 21.9. The molecule has 34 heavy (non-hydrogen) atoms. The number of likely N-dealkylation sites (tertiary alicyclic amines) is 1. The Kier molecular flexibility index (Phi) is 5.91. The number of rotatable bonds is 5. The second-order valence-electron chi connectivity index (χ2n) is 8.78. The summed E-state index contributed by atoms with van der Waals surface area (Å²) in [5.41, 5.74) is 3.29. The second kappa shape index (κ2) is 9.17. The average molecular weight is 461 g/mol. The fraction of sp³-hybridized carbons (Fsp3) is 0.320. The van der Waals surface area contributed by atoms with Crippen molar-refractivity contribution in [1.29, 1.82) is 0 Å². The van der Waals surface area contributed by atoms with E-state index in [1.165, 1.54) is 12.1 Å². The monoisotopic (exact) mass is 460 g/mol. The number of nitrogens with one attached hydrogen (secondary N) is 1. The van der Waals surface area contributed by atoms with E-state index in [2.05, 4.69) is 15.3 Å². The van der Waals surface area contributed by atoms with Crippen molar-refractivity contribution in [2.45, 2.75) is 38.6 Å². The molecule has 1 unspecified atom stereocenters. The summed E-state index contributed by atoms with van der Waals surface area (Å²) in [7, 11) is 0. The quantitative estimate of drug-likeness (QED) is 0.494. The number of aromatic nitrogens is 5. The fourth-order valence-corrected chi connectivity index (χ4v) is 4.45. The van der Waals surface area contributed by atoms with E-state index in [0.29, 0.717) is 31.1 Å². The molecule has 1 amide bonds. The smallest absolute Gasteiger partial charge is 0.281 e. The van der Waals surface area contributed by atoms with Gasteiger partial charge in [0.2, 0.25) is 5.91 Å². The Balaban J connectivity index is 1.37. The third-order valence-electron chi connectivity index (χ3n) is 6.40. The summed E-state index contributed by atoms with van der Waals surface area (Å²) in [6.45, 7) is 3.61. The van der Waals surface area contributed by atoms with Crippen molar-refractivity contribution < 1.29 is 9.18 Å². The Morgan fingerprint density at radius 3 is 2.76 bits per heavy atom. The van der Waals surface area contributed by atoms with Crippen LogP contribution in [0, 0.1) is 12.7 Å². The molecule has 174 valence electrons. The van der Waals surface area contributed by atoms with Gasteiger partial charge in [-0.2, -0.15) is 0 Å². The van der Waals surface area contributed by atoms with E-state index >= 15 is 0 Å². The first-order chi connectivity index (χ1) is 16.5. The van der Waals surface area contributed by atoms with Crippen LogP contribution in [0.2, 0.25) is 0 Å². The Labute approximate surface area is 195 Å². The summed E-state index contributed by atoms with van der Waals surface area (Å²) in [6, 6.07) is 14.0. The molecular formula is C25H25FN6O2. The van der Waals surface area contributed by atoms with E-state index in [4.69, 9.17) is 4.98 Å². The lowest BCUT2D eigenvalue weighted by atomic mass is 9.96. The molecule has 1 atom stereocenters. The number of piperidine rings is 1. The van der Waals surface area contributed by atoms with Crippen LogP contribution in [0.15, 0.2) is 53.3 Å². The summed E-state index contributed by atoms with van der Waals surface area (Å²) in [4.78, 5) is 35.0. The zero-order chi connectivity index (χ0) is 23.7. The predicted molar refractivity (Wildman–Crippen MR) is 125 cm³/mol.